The maximum atomic E-state index is 6.19. The van der Waals surface area contributed by atoms with Crippen LogP contribution in [-0.2, 0) is 0 Å². The molecule has 0 aliphatic heterocycles. The highest BCUT2D eigenvalue weighted by molar-refractivity contribution is 6.41. The molecule has 0 atom stereocenters. The molecule has 0 unspecified atom stereocenters. The van der Waals surface area contributed by atoms with Crippen molar-refractivity contribution in [2.45, 2.75) is 0 Å². The van der Waals surface area contributed by atoms with Crippen LogP contribution in [0, 0.1) is 0 Å². The van der Waals surface area contributed by atoms with E-state index in [4.69, 9.17) is 34.8 Å². The number of benzene rings is 3. The van der Waals surface area contributed by atoms with Crippen molar-refractivity contribution >= 4 is 56.3 Å². The van der Waals surface area contributed by atoms with E-state index in [-0.39, 0.29) is 0 Å². The van der Waals surface area contributed by atoms with E-state index in [2.05, 4.69) is 0 Å². The first-order valence-electron chi connectivity index (χ1n) is 5.13. The van der Waals surface area contributed by atoms with Crippen molar-refractivity contribution in [3.8, 4) is 0 Å². The van der Waals surface area contributed by atoms with Crippen LogP contribution >= 0.6 is 34.8 Å². The second kappa shape index (κ2) is 4.06. The zero-order valence-corrected chi connectivity index (χ0v) is 10.9. The molecule has 3 rings (SSSR count). The Balaban J connectivity index is 2.60. The SMILES string of the molecule is Clc1cc(Cl)c2ccc3c(Cl)cccc3c2c1. The molecular formula is C14H7Cl3. The summed E-state index contributed by atoms with van der Waals surface area (Å²) in [5.74, 6) is 0. The van der Waals surface area contributed by atoms with Gasteiger partial charge in [-0.3, -0.25) is 0 Å². The second-order valence-corrected chi connectivity index (χ2v) is 5.13. The average Bonchev–Trinajstić information content (AvgIpc) is 2.29. The topological polar surface area (TPSA) is 0 Å². The van der Waals surface area contributed by atoms with Gasteiger partial charge in [0, 0.05) is 25.8 Å². The van der Waals surface area contributed by atoms with Crippen LogP contribution < -0.4 is 0 Å². The quantitative estimate of drug-likeness (QED) is 0.446. The molecule has 0 fully saturated rings. The molecule has 0 nitrogen and oxygen atoms in total. The first-order chi connectivity index (χ1) is 8.16. The van der Waals surface area contributed by atoms with Gasteiger partial charge < -0.3 is 0 Å². The van der Waals surface area contributed by atoms with Crippen LogP contribution in [0.25, 0.3) is 21.5 Å². The summed E-state index contributed by atoms with van der Waals surface area (Å²) in [5, 5.41) is 6.14. The van der Waals surface area contributed by atoms with Gasteiger partial charge in [0.05, 0.1) is 0 Å². The Labute approximate surface area is 114 Å². The van der Waals surface area contributed by atoms with E-state index < -0.39 is 0 Å². The first-order valence-corrected chi connectivity index (χ1v) is 6.26. The molecule has 3 heteroatoms. The molecule has 0 spiro atoms. The molecule has 17 heavy (non-hydrogen) atoms. The Morgan fingerprint density at radius 3 is 2.06 bits per heavy atom. The van der Waals surface area contributed by atoms with Crippen LogP contribution in [0.4, 0.5) is 0 Å². The van der Waals surface area contributed by atoms with Crippen molar-refractivity contribution in [2.24, 2.45) is 0 Å². The van der Waals surface area contributed by atoms with Crippen molar-refractivity contribution in [2.75, 3.05) is 0 Å². The van der Waals surface area contributed by atoms with Gasteiger partial charge in [-0.1, -0.05) is 59.1 Å². The smallest absolute Gasteiger partial charge is 0.0499 e. The number of fused-ring (bicyclic) bond motifs is 3. The molecule has 0 saturated carbocycles. The van der Waals surface area contributed by atoms with Gasteiger partial charge in [0.15, 0.2) is 0 Å². The third-order valence-electron chi connectivity index (χ3n) is 2.85. The van der Waals surface area contributed by atoms with Gasteiger partial charge >= 0.3 is 0 Å². The standard InChI is InChI=1S/C14H7Cl3/c15-8-6-12-9-2-1-3-13(16)10(9)4-5-11(12)14(17)7-8/h1-7H. The maximum absolute atomic E-state index is 6.19. The second-order valence-electron chi connectivity index (χ2n) is 3.88. The fraction of sp³-hybridized carbons (Fsp3) is 0. The monoisotopic (exact) mass is 280 g/mol. The Hall–Kier alpha value is -0.950. The van der Waals surface area contributed by atoms with Crippen LogP contribution in [0.15, 0.2) is 42.5 Å². The Bertz CT molecular complexity index is 732. The van der Waals surface area contributed by atoms with Gasteiger partial charge in [-0.15, -0.1) is 0 Å². The normalized spacial score (nSPS) is 11.2. The van der Waals surface area contributed by atoms with Crippen LogP contribution in [-0.4, -0.2) is 0 Å². The summed E-state index contributed by atoms with van der Waals surface area (Å²) in [4.78, 5) is 0. The zero-order valence-electron chi connectivity index (χ0n) is 8.68. The van der Waals surface area contributed by atoms with Gasteiger partial charge in [0.1, 0.15) is 0 Å². The van der Waals surface area contributed by atoms with Gasteiger partial charge in [-0.2, -0.15) is 0 Å². The van der Waals surface area contributed by atoms with Gasteiger partial charge in [0.25, 0.3) is 0 Å². The lowest BCUT2D eigenvalue weighted by atomic mass is 10.0. The molecule has 0 radical (unpaired) electrons. The van der Waals surface area contributed by atoms with Crippen LogP contribution in [0.2, 0.25) is 15.1 Å². The summed E-state index contributed by atoms with van der Waals surface area (Å²) in [6.45, 7) is 0. The maximum Gasteiger partial charge on any atom is 0.0499 e. The lowest BCUT2D eigenvalue weighted by molar-refractivity contribution is 1.76. The third-order valence-corrected chi connectivity index (χ3v) is 3.71. The molecule has 0 bridgehead atoms. The number of hydrogen-bond donors (Lipinski definition) is 0. The molecule has 0 aliphatic rings. The molecule has 0 heterocycles. The number of hydrogen-bond acceptors (Lipinski definition) is 0. The lowest BCUT2D eigenvalue weighted by Gasteiger charge is -2.07. The lowest BCUT2D eigenvalue weighted by Crippen LogP contribution is -1.80. The summed E-state index contributed by atoms with van der Waals surface area (Å²) in [7, 11) is 0. The predicted octanol–water partition coefficient (Wildman–Crippen LogP) is 5.95. The van der Waals surface area contributed by atoms with Crippen molar-refractivity contribution in [3.63, 3.8) is 0 Å². The minimum Gasteiger partial charge on any atom is -0.0843 e. The molecule has 0 amide bonds. The van der Waals surface area contributed by atoms with E-state index in [0.717, 1.165) is 26.6 Å². The van der Waals surface area contributed by atoms with Gasteiger partial charge in [-0.25, -0.2) is 0 Å². The number of halogens is 3. The van der Waals surface area contributed by atoms with E-state index in [1.54, 1.807) is 6.07 Å². The summed E-state index contributed by atoms with van der Waals surface area (Å²) in [6.07, 6.45) is 0. The van der Waals surface area contributed by atoms with Crippen molar-refractivity contribution < 1.29 is 0 Å². The summed E-state index contributed by atoms with van der Waals surface area (Å²) >= 11 is 18.4. The number of rotatable bonds is 0. The van der Waals surface area contributed by atoms with Crippen LogP contribution in [0.3, 0.4) is 0 Å². The molecule has 0 N–H and O–H groups in total. The van der Waals surface area contributed by atoms with Crippen LogP contribution in [0.1, 0.15) is 0 Å². The van der Waals surface area contributed by atoms with E-state index in [1.165, 1.54) is 0 Å². The summed E-state index contributed by atoms with van der Waals surface area (Å²) < 4.78 is 0. The molecular weight excluding hydrogens is 275 g/mol. The first kappa shape index (κ1) is 11.2. The largest absolute Gasteiger partial charge is 0.0843 e. The van der Waals surface area contributed by atoms with Gasteiger partial charge in [-0.05, 0) is 29.0 Å². The minimum absolute atomic E-state index is 0.634. The van der Waals surface area contributed by atoms with Gasteiger partial charge in [0.2, 0.25) is 0 Å². The zero-order chi connectivity index (χ0) is 12.0. The fourth-order valence-electron chi connectivity index (χ4n) is 2.08. The van der Waals surface area contributed by atoms with Crippen molar-refractivity contribution in [3.05, 3.63) is 57.5 Å². The molecule has 84 valence electrons. The highest BCUT2D eigenvalue weighted by Gasteiger charge is 2.07. The highest BCUT2D eigenvalue weighted by atomic mass is 35.5. The molecule has 3 aromatic carbocycles. The highest BCUT2D eigenvalue weighted by Crippen LogP contribution is 2.35. The van der Waals surface area contributed by atoms with Crippen LogP contribution in [0.5, 0.6) is 0 Å². The molecule has 3 aromatic rings. The van der Waals surface area contributed by atoms with Crippen molar-refractivity contribution in [1.29, 1.82) is 0 Å². The predicted molar refractivity (Wildman–Crippen MR) is 76.5 cm³/mol. The molecule has 0 aliphatic carbocycles. The van der Waals surface area contributed by atoms with Crippen molar-refractivity contribution in [1.82, 2.24) is 0 Å². The van der Waals surface area contributed by atoms with E-state index in [0.29, 0.717) is 10.0 Å². The molecule has 0 saturated heterocycles. The van der Waals surface area contributed by atoms with E-state index >= 15 is 0 Å². The summed E-state index contributed by atoms with van der Waals surface area (Å²) in [5.41, 5.74) is 0. The van der Waals surface area contributed by atoms with E-state index in [9.17, 15) is 0 Å². The third kappa shape index (κ3) is 1.77. The Kier molecular flexibility index (Phi) is 2.67. The Morgan fingerprint density at radius 1 is 0.588 bits per heavy atom. The molecule has 0 aromatic heterocycles. The fourth-order valence-corrected chi connectivity index (χ4v) is 2.88. The summed E-state index contributed by atoms with van der Waals surface area (Å²) in [6, 6.07) is 13.5. The minimum atomic E-state index is 0.634. The average molecular weight is 282 g/mol. The Morgan fingerprint density at radius 2 is 1.29 bits per heavy atom. The van der Waals surface area contributed by atoms with E-state index in [1.807, 2.05) is 36.4 Å².